The summed E-state index contributed by atoms with van der Waals surface area (Å²) in [6, 6.07) is -1.34. The average molecular weight is 203 g/mol. The van der Waals surface area contributed by atoms with Crippen molar-refractivity contribution in [3.05, 3.63) is 0 Å². The van der Waals surface area contributed by atoms with E-state index in [1.165, 1.54) is 0 Å². The summed E-state index contributed by atoms with van der Waals surface area (Å²) in [6.45, 7) is 0.214. The molecule has 0 aliphatic carbocycles. The molecule has 1 rings (SSSR count). The van der Waals surface area contributed by atoms with Crippen LogP contribution in [0.1, 0.15) is 6.42 Å². The summed E-state index contributed by atoms with van der Waals surface area (Å²) in [5.74, 6) is -2.61. The Hall–Kier alpha value is -1.79. The van der Waals surface area contributed by atoms with Crippen molar-refractivity contribution in [3.8, 4) is 0 Å². The first-order chi connectivity index (χ1) is 6.52. The molecule has 1 fully saturated rings. The maximum absolute atomic E-state index is 10.9. The molecule has 0 aromatic heterocycles. The van der Waals surface area contributed by atoms with Crippen LogP contribution in [0.3, 0.4) is 0 Å². The van der Waals surface area contributed by atoms with Crippen molar-refractivity contribution < 1.29 is 29.3 Å². The number of ether oxygens (including phenoxy) is 1. The molecule has 1 heterocycles. The lowest BCUT2D eigenvalue weighted by atomic mass is 10.2. The third-order valence-electron chi connectivity index (χ3n) is 1.82. The fourth-order valence-corrected chi connectivity index (χ4v) is 1.18. The van der Waals surface area contributed by atoms with Crippen molar-refractivity contribution in [2.45, 2.75) is 12.5 Å². The van der Waals surface area contributed by atoms with E-state index < -0.39 is 30.5 Å². The summed E-state index contributed by atoms with van der Waals surface area (Å²) < 4.78 is 4.51. The molecule has 1 amide bonds. The van der Waals surface area contributed by atoms with Gasteiger partial charge < -0.3 is 14.9 Å². The van der Waals surface area contributed by atoms with E-state index in [1.807, 2.05) is 0 Å². The number of nitrogens with zero attached hydrogens (tertiary/aromatic N) is 1. The lowest BCUT2D eigenvalue weighted by Crippen LogP contribution is -2.43. The number of carbonyl (C=O) groups is 3. The van der Waals surface area contributed by atoms with E-state index in [0.717, 1.165) is 4.90 Å². The third kappa shape index (κ3) is 2.12. The van der Waals surface area contributed by atoms with Crippen LogP contribution in [0.25, 0.3) is 0 Å². The summed E-state index contributed by atoms with van der Waals surface area (Å²) in [6.07, 6.45) is -1.40. The fourth-order valence-electron chi connectivity index (χ4n) is 1.18. The van der Waals surface area contributed by atoms with Gasteiger partial charge in [-0.2, -0.15) is 0 Å². The molecule has 14 heavy (non-hydrogen) atoms. The quantitative estimate of drug-likeness (QED) is 0.630. The number of carboxylic acid groups (broad SMARTS) is 2. The van der Waals surface area contributed by atoms with Crippen molar-refractivity contribution in [2.24, 2.45) is 0 Å². The highest BCUT2D eigenvalue weighted by atomic mass is 16.6. The second kappa shape index (κ2) is 3.95. The van der Waals surface area contributed by atoms with Crippen LogP contribution in [0.2, 0.25) is 0 Å². The predicted molar refractivity (Wildman–Crippen MR) is 41.7 cm³/mol. The molecule has 1 unspecified atom stereocenters. The van der Waals surface area contributed by atoms with Gasteiger partial charge in [0.15, 0.2) is 0 Å². The molecule has 0 bridgehead atoms. The average Bonchev–Trinajstić information content (AvgIpc) is 2.46. The summed E-state index contributed by atoms with van der Waals surface area (Å²) in [4.78, 5) is 32.8. The number of amides is 1. The largest absolute Gasteiger partial charge is 0.481 e. The van der Waals surface area contributed by atoms with Crippen LogP contribution in [0.5, 0.6) is 0 Å². The number of hydrogen-bond donors (Lipinski definition) is 2. The van der Waals surface area contributed by atoms with E-state index in [-0.39, 0.29) is 13.2 Å². The van der Waals surface area contributed by atoms with Gasteiger partial charge in [-0.05, 0) is 0 Å². The Labute approximate surface area is 78.9 Å². The van der Waals surface area contributed by atoms with Gasteiger partial charge in [0.05, 0.1) is 13.0 Å². The van der Waals surface area contributed by atoms with Crippen LogP contribution in [0, 0.1) is 0 Å². The van der Waals surface area contributed by atoms with E-state index in [2.05, 4.69) is 4.74 Å². The van der Waals surface area contributed by atoms with Crippen LogP contribution in [0.15, 0.2) is 0 Å². The minimum absolute atomic E-state index is 0.0994. The smallest absolute Gasteiger partial charge is 0.410 e. The zero-order valence-corrected chi connectivity index (χ0v) is 7.17. The van der Waals surface area contributed by atoms with Gasteiger partial charge in [0.1, 0.15) is 12.6 Å². The molecule has 1 aliphatic rings. The minimum Gasteiger partial charge on any atom is -0.481 e. The highest BCUT2D eigenvalue weighted by molar-refractivity contribution is 5.85. The van der Waals surface area contributed by atoms with Gasteiger partial charge in [0.2, 0.25) is 0 Å². The van der Waals surface area contributed by atoms with Crippen molar-refractivity contribution in [3.63, 3.8) is 0 Å². The Morgan fingerprint density at radius 1 is 1.50 bits per heavy atom. The lowest BCUT2D eigenvalue weighted by molar-refractivity contribution is -0.148. The Morgan fingerprint density at radius 3 is 2.50 bits per heavy atom. The topological polar surface area (TPSA) is 104 Å². The highest BCUT2D eigenvalue weighted by Crippen LogP contribution is 2.12. The SMILES string of the molecule is O=C(O)CC(C(=O)O)N1CCOC1=O. The van der Waals surface area contributed by atoms with E-state index in [0.29, 0.717) is 0 Å². The monoisotopic (exact) mass is 203 g/mol. The molecule has 0 spiro atoms. The highest BCUT2D eigenvalue weighted by Gasteiger charge is 2.35. The van der Waals surface area contributed by atoms with E-state index in [1.54, 1.807) is 0 Å². The Bertz CT molecular complexity index is 275. The van der Waals surface area contributed by atoms with E-state index in [4.69, 9.17) is 10.2 Å². The molecule has 1 saturated heterocycles. The first-order valence-corrected chi connectivity index (χ1v) is 3.90. The fraction of sp³-hybridized carbons (Fsp3) is 0.571. The Morgan fingerprint density at radius 2 is 2.14 bits per heavy atom. The Balaban J connectivity index is 2.71. The zero-order valence-electron chi connectivity index (χ0n) is 7.17. The van der Waals surface area contributed by atoms with Crippen LogP contribution in [0.4, 0.5) is 4.79 Å². The summed E-state index contributed by atoms with van der Waals surface area (Å²) in [7, 11) is 0. The van der Waals surface area contributed by atoms with Crippen molar-refractivity contribution >= 4 is 18.0 Å². The second-order valence-electron chi connectivity index (χ2n) is 2.76. The van der Waals surface area contributed by atoms with Crippen molar-refractivity contribution in [1.29, 1.82) is 0 Å². The number of hydrogen-bond acceptors (Lipinski definition) is 4. The number of carboxylic acids is 2. The van der Waals surface area contributed by atoms with Crippen LogP contribution in [-0.4, -0.2) is 52.3 Å². The van der Waals surface area contributed by atoms with Gasteiger partial charge in [-0.3, -0.25) is 9.69 Å². The molecule has 1 atom stereocenters. The standard InChI is InChI=1S/C7H9NO6/c9-5(10)3-4(6(11)12)8-1-2-14-7(8)13/h4H,1-3H2,(H,9,10)(H,11,12). The van der Waals surface area contributed by atoms with Gasteiger partial charge in [0, 0.05) is 0 Å². The van der Waals surface area contributed by atoms with Crippen LogP contribution < -0.4 is 0 Å². The Kier molecular flexibility index (Phi) is 2.90. The molecule has 7 heteroatoms. The predicted octanol–water partition coefficient (Wildman–Crippen LogP) is -0.633. The summed E-state index contributed by atoms with van der Waals surface area (Å²) >= 11 is 0. The van der Waals surface area contributed by atoms with Crippen LogP contribution in [-0.2, 0) is 14.3 Å². The lowest BCUT2D eigenvalue weighted by Gasteiger charge is -2.19. The summed E-state index contributed by atoms with van der Waals surface area (Å²) in [5, 5.41) is 17.1. The van der Waals surface area contributed by atoms with Gasteiger partial charge in [-0.1, -0.05) is 0 Å². The number of carbonyl (C=O) groups excluding carboxylic acids is 1. The molecule has 78 valence electrons. The molecule has 7 nitrogen and oxygen atoms in total. The van der Waals surface area contributed by atoms with Gasteiger partial charge in [-0.15, -0.1) is 0 Å². The number of rotatable bonds is 4. The maximum atomic E-state index is 10.9. The number of aliphatic carboxylic acids is 2. The van der Waals surface area contributed by atoms with E-state index in [9.17, 15) is 14.4 Å². The summed E-state index contributed by atoms with van der Waals surface area (Å²) in [5.41, 5.74) is 0. The number of cyclic esters (lactones) is 1. The molecule has 2 N–H and O–H groups in total. The normalized spacial score (nSPS) is 17.7. The van der Waals surface area contributed by atoms with Gasteiger partial charge in [0.25, 0.3) is 0 Å². The zero-order chi connectivity index (χ0) is 10.7. The molecule has 1 aliphatic heterocycles. The third-order valence-corrected chi connectivity index (χ3v) is 1.82. The molecular weight excluding hydrogens is 194 g/mol. The first-order valence-electron chi connectivity index (χ1n) is 3.90. The molecular formula is C7H9NO6. The first kappa shape index (κ1) is 10.3. The molecule has 0 aromatic carbocycles. The van der Waals surface area contributed by atoms with E-state index >= 15 is 0 Å². The molecule has 0 aromatic rings. The molecule has 0 saturated carbocycles. The van der Waals surface area contributed by atoms with Gasteiger partial charge >= 0.3 is 18.0 Å². The van der Waals surface area contributed by atoms with Crippen LogP contribution >= 0.6 is 0 Å². The van der Waals surface area contributed by atoms with Crippen molar-refractivity contribution in [2.75, 3.05) is 13.2 Å². The maximum Gasteiger partial charge on any atom is 0.410 e. The second-order valence-corrected chi connectivity index (χ2v) is 2.76. The minimum atomic E-state index is -1.34. The van der Waals surface area contributed by atoms with Crippen molar-refractivity contribution in [1.82, 2.24) is 4.90 Å². The van der Waals surface area contributed by atoms with Gasteiger partial charge in [-0.25, -0.2) is 9.59 Å². The molecule has 0 radical (unpaired) electrons.